The van der Waals surface area contributed by atoms with Crippen molar-refractivity contribution in [3.05, 3.63) is 12.2 Å². The minimum absolute atomic E-state index is 0.386. The molecule has 0 aromatic carbocycles. The molecule has 0 amide bonds. The molecule has 6 atom stereocenters. The highest BCUT2D eigenvalue weighted by Gasteiger charge is 2.72. The molecule has 3 rings (SSSR count). The fourth-order valence-corrected chi connectivity index (χ4v) is 5.56. The van der Waals surface area contributed by atoms with Gasteiger partial charge in [0.05, 0.1) is 0 Å². The first-order chi connectivity index (χ1) is 7.97. The van der Waals surface area contributed by atoms with E-state index in [-0.39, 0.29) is 0 Å². The summed E-state index contributed by atoms with van der Waals surface area (Å²) in [4.78, 5) is 5.02. The molecule has 3 aliphatic rings. The molecule has 96 valence electrons. The molecule has 3 saturated carbocycles. The molecule has 0 aromatic rings. The quantitative estimate of drug-likeness (QED) is 0.448. The average Bonchev–Trinajstić information content (AvgIpc) is 2.73. The van der Waals surface area contributed by atoms with E-state index in [1.54, 1.807) is 0 Å². The normalized spacial score (nSPS) is 56.2. The summed E-state index contributed by atoms with van der Waals surface area (Å²) in [6.07, 6.45) is 4.84. The Morgan fingerprint density at radius 2 is 2.06 bits per heavy atom. The van der Waals surface area contributed by atoms with Crippen LogP contribution >= 0.6 is 0 Å². The summed E-state index contributed by atoms with van der Waals surface area (Å²) in [5, 5.41) is 9.47. The van der Waals surface area contributed by atoms with Crippen molar-refractivity contribution < 1.29 is 10.1 Å². The van der Waals surface area contributed by atoms with Gasteiger partial charge in [-0.15, -0.1) is 0 Å². The highest BCUT2D eigenvalue weighted by Crippen LogP contribution is 2.74. The Kier molecular flexibility index (Phi) is 2.32. The zero-order valence-electron chi connectivity index (χ0n) is 11.2. The first-order valence-corrected chi connectivity index (χ1v) is 6.96. The van der Waals surface area contributed by atoms with Crippen molar-refractivity contribution in [3.63, 3.8) is 0 Å². The molecular formula is C15H24O2. The van der Waals surface area contributed by atoms with Gasteiger partial charge in [-0.3, -0.25) is 5.26 Å². The third-order valence-corrected chi connectivity index (χ3v) is 6.42. The number of hydrogen-bond acceptors (Lipinski definition) is 2. The molecule has 0 heterocycles. The molecule has 0 radical (unpaired) electrons. The predicted molar refractivity (Wildman–Crippen MR) is 67.5 cm³/mol. The number of fused-ring (bicyclic) bond motifs is 4. The zero-order valence-corrected chi connectivity index (χ0v) is 11.2. The van der Waals surface area contributed by atoms with Crippen LogP contribution in [-0.2, 0) is 4.89 Å². The molecule has 0 saturated heterocycles. The van der Waals surface area contributed by atoms with E-state index in [2.05, 4.69) is 20.4 Å². The lowest BCUT2D eigenvalue weighted by molar-refractivity contribution is -0.342. The topological polar surface area (TPSA) is 29.5 Å². The van der Waals surface area contributed by atoms with Crippen molar-refractivity contribution in [3.8, 4) is 0 Å². The first kappa shape index (κ1) is 11.7. The van der Waals surface area contributed by atoms with E-state index in [1.807, 2.05) is 6.92 Å². The van der Waals surface area contributed by atoms with Gasteiger partial charge in [0.2, 0.25) is 0 Å². The lowest BCUT2D eigenvalue weighted by Gasteiger charge is -2.59. The molecule has 1 N–H and O–H groups in total. The van der Waals surface area contributed by atoms with Crippen LogP contribution in [0.2, 0.25) is 0 Å². The fourth-order valence-electron chi connectivity index (χ4n) is 5.56. The van der Waals surface area contributed by atoms with Gasteiger partial charge in [-0.05, 0) is 54.9 Å². The van der Waals surface area contributed by atoms with Crippen LogP contribution in [0.3, 0.4) is 0 Å². The fraction of sp³-hybridized carbons (Fsp3) is 0.867. The van der Waals surface area contributed by atoms with E-state index in [9.17, 15) is 5.26 Å². The van der Waals surface area contributed by atoms with E-state index < -0.39 is 5.60 Å². The maximum atomic E-state index is 9.47. The van der Waals surface area contributed by atoms with Crippen LogP contribution in [-0.4, -0.2) is 10.9 Å². The zero-order chi connectivity index (χ0) is 12.4. The van der Waals surface area contributed by atoms with Crippen LogP contribution in [0.15, 0.2) is 12.2 Å². The van der Waals surface area contributed by atoms with E-state index in [4.69, 9.17) is 4.89 Å². The first-order valence-electron chi connectivity index (χ1n) is 6.96. The Morgan fingerprint density at radius 1 is 1.35 bits per heavy atom. The molecule has 2 nitrogen and oxygen atoms in total. The monoisotopic (exact) mass is 236 g/mol. The third-order valence-electron chi connectivity index (χ3n) is 6.42. The summed E-state index contributed by atoms with van der Waals surface area (Å²) in [5.41, 5.74) is 0.942. The Labute approximate surface area is 104 Å². The average molecular weight is 236 g/mol. The highest BCUT2D eigenvalue weighted by molar-refractivity contribution is 5.28. The second-order valence-electron chi connectivity index (χ2n) is 6.98. The van der Waals surface area contributed by atoms with Crippen molar-refractivity contribution in [2.75, 3.05) is 0 Å². The van der Waals surface area contributed by atoms with Gasteiger partial charge in [0.1, 0.15) is 5.60 Å². The molecule has 0 aromatic heterocycles. The van der Waals surface area contributed by atoms with Crippen molar-refractivity contribution in [2.45, 2.75) is 52.1 Å². The van der Waals surface area contributed by atoms with Crippen molar-refractivity contribution >= 4 is 0 Å². The molecule has 0 bridgehead atoms. The van der Waals surface area contributed by atoms with Crippen LogP contribution in [0.25, 0.3) is 0 Å². The van der Waals surface area contributed by atoms with E-state index in [0.717, 1.165) is 29.7 Å². The van der Waals surface area contributed by atoms with Gasteiger partial charge in [-0.2, -0.15) is 0 Å². The molecule has 3 aliphatic carbocycles. The smallest absolute Gasteiger partial charge is 0.127 e. The van der Waals surface area contributed by atoms with Crippen LogP contribution < -0.4 is 0 Å². The van der Waals surface area contributed by atoms with E-state index >= 15 is 0 Å². The molecule has 0 spiro atoms. The Bertz CT molecular complexity index is 364. The molecule has 3 fully saturated rings. The maximum Gasteiger partial charge on any atom is 0.127 e. The van der Waals surface area contributed by atoms with Crippen LogP contribution in [0, 0.1) is 29.1 Å². The van der Waals surface area contributed by atoms with Gasteiger partial charge in [-0.1, -0.05) is 26.8 Å². The molecule has 0 aliphatic heterocycles. The second kappa shape index (κ2) is 3.36. The summed E-state index contributed by atoms with van der Waals surface area (Å²) in [5.74, 6) is 2.87. The Balaban J connectivity index is 2.00. The lowest BCUT2D eigenvalue weighted by Crippen LogP contribution is -2.59. The summed E-state index contributed by atoms with van der Waals surface area (Å²) in [7, 11) is 0. The highest BCUT2D eigenvalue weighted by atomic mass is 17.1. The third kappa shape index (κ3) is 1.14. The molecule has 2 heteroatoms. The SMILES string of the molecule is C=C(C)[C@@]1(OO)CC[C@]2(C)[C@H]3CC[C@@H](C)[C@H]3[C@@H]21. The van der Waals surface area contributed by atoms with Gasteiger partial charge in [0, 0.05) is 5.92 Å². The standard InChI is InChI=1S/C15H24O2/c1-9(2)15(17-16)8-7-14(4)11-6-5-10(3)12(11)13(14)15/h10-13,16H,1,5-8H2,2-4H3/t10-,11+,12-,13+,14-,15+/m1/s1. The molecule has 0 unspecified atom stereocenters. The van der Waals surface area contributed by atoms with Gasteiger partial charge in [-0.25, -0.2) is 4.89 Å². The van der Waals surface area contributed by atoms with Crippen molar-refractivity contribution in [1.29, 1.82) is 0 Å². The minimum atomic E-state index is -0.450. The molecule has 17 heavy (non-hydrogen) atoms. The lowest BCUT2D eigenvalue weighted by atomic mass is 9.46. The number of hydrogen-bond donors (Lipinski definition) is 1. The summed E-state index contributed by atoms with van der Waals surface area (Å²) >= 11 is 0. The molecular weight excluding hydrogens is 212 g/mol. The summed E-state index contributed by atoms with van der Waals surface area (Å²) in [6.45, 7) is 10.9. The van der Waals surface area contributed by atoms with Gasteiger partial charge in [0.15, 0.2) is 0 Å². The van der Waals surface area contributed by atoms with Gasteiger partial charge in [0.25, 0.3) is 0 Å². The summed E-state index contributed by atoms with van der Waals surface area (Å²) in [6, 6.07) is 0. The summed E-state index contributed by atoms with van der Waals surface area (Å²) < 4.78 is 0. The van der Waals surface area contributed by atoms with E-state index in [0.29, 0.717) is 11.3 Å². The van der Waals surface area contributed by atoms with Crippen molar-refractivity contribution in [1.82, 2.24) is 0 Å². The van der Waals surface area contributed by atoms with Crippen molar-refractivity contribution in [2.24, 2.45) is 29.1 Å². The van der Waals surface area contributed by atoms with Crippen LogP contribution in [0.5, 0.6) is 0 Å². The number of rotatable bonds is 2. The largest absolute Gasteiger partial charge is 0.251 e. The Hall–Kier alpha value is -0.340. The van der Waals surface area contributed by atoms with Crippen LogP contribution in [0.1, 0.15) is 46.5 Å². The predicted octanol–water partition coefficient (Wildman–Crippen LogP) is 3.88. The minimum Gasteiger partial charge on any atom is -0.251 e. The van der Waals surface area contributed by atoms with Gasteiger partial charge < -0.3 is 0 Å². The van der Waals surface area contributed by atoms with Gasteiger partial charge >= 0.3 is 0 Å². The maximum absolute atomic E-state index is 9.47. The Morgan fingerprint density at radius 3 is 2.65 bits per heavy atom. The van der Waals surface area contributed by atoms with Crippen LogP contribution in [0.4, 0.5) is 0 Å². The second-order valence-corrected chi connectivity index (χ2v) is 6.98. The van der Waals surface area contributed by atoms with E-state index in [1.165, 1.54) is 19.3 Å².